The summed E-state index contributed by atoms with van der Waals surface area (Å²) in [5.74, 6) is 1.70. The molecule has 1 saturated heterocycles. The summed E-state index contributed by atoms with van der Waals surface area (Å²) in [6.45, 7) is 3.19. The lowest BCUT2D eigenvalue weighted by Gasteiger charge is -2.40. The highest BCUT2D eigenvalue weighted by Gasteiger charge is 2.53. The lowest BCUT2D eigenvalue weighted by molar-refractivity contribution is 0.0540. The highest BCUT2D eigenvalue weighted by molar-refractivity contribution is 5.62. The fourth-order valence-corrected chi connectivity index (χ4v) is 6.69. The third kappa shape index (κ3) is 3.02. The Hall–Kier alpha value is -2.62. The Morgan fingerprint density at radius 1 is 0.906 bits per heavy atom. The number of hydrogen-bond acceptors (Lipinski definition) is 3. The molecule has 2 aliphatic carbocycles. The molecule has 164 valence electrons. The Morgan fingerprint density at radius 3 is 2.09 bits per heavy atom. The number of likely N-dealkylation sites (tertiary alicyclic amines) is 1. The van der Waals surface area contributed by atoms with E-state index in [2.05, 4.69) is 53.4 Å². The summed E-state index contributed by atoms with van der Waals surface area (Å²) in [4.78, 5) is 2.65. The van der Waals surface area contributed by atoms with E-state index in [0.717, 1.165) is 43.8 Å². The van der Waals surface area contributed by atoms with Crippen molar-refractivity contribution in [3.63, 3.8) is 0 Å². The number of aliphatic hydroxyl groups excluding tert-OH is 1. The van der Waals surface area contributed by atoms with Crippen molar-refractivity contribution < 1.29 is 9.84 Å². The van der Waals surface area contributed by atoms with Gasteiger partial charge >= 0.3 is 0 Å². The first kappa shape index (κ1) is 20.0. The summed E-state index contributed by atoms with van der Waals surface area (Å²) in [7, 11) is 1.67. The van der Waals surface area contributed by atoms with Gasteiger partial charge in [-0.15, -0.1) is 0 Å². The number of fused-ring (bicyclic) bond motifs is 8. The van der Waals surface area contributed by atoms with Crippen LogP contribution < -0.4 is 4.74 Å². The van der Waals surface area contributed by atoms with E-state index in [1.165, 1.54) is 17.5 Å². The van der Waals surface area contributed by atoms with Gasteiger partial charge in [-0.2, -0.15) is 0 Å². The van der Waals surface area contributed by atoms with Gasteiger partial charge in [-0.05, 0) is 78.2 Å². The zero-order chi connectivity index (χ0) is 21.7. The molecule has 0 amide bonds. The van der Waals surface area contributed by atoms with Gasteiger partial charge in [-0.25, -0.2) is 0 Å². The van der Waals surface area contributed by atoms with Gasteiger partial charge in [-0.1, -0.05) is 60.7 Å². The second-order valence-electron chi connectivity index (χ2n) is 9.84. The molecule has 1 fully saturated rings. The molecule has 1 atom stereocenters. The minimum Gasteiger partial charge on any atom is -0.497 e. The largest absolute Gasteiger partial charge is 0.497 e. The van der Waals surface area contributed by atoms with Crippen LogP contribution in [0.3, 0.4) is 0 Å². The Kier molecular flexibility index (Phi) is 4.85. The molecule has 3 aliphatic rings. The van der Waals surface area contributed by atoms with Gasteiger partial charge in [0, 0.05) is 17.9 Å². The fourth-order valence-electron chi connectivity index (χ4n) is 6.69. The van der Waals surface area contributed by atoms with Crippen LogP contribution in [-0.4, -0.2) is 36.8 Å². The molecular formula is C29H31NO2. The monoisotopic (exact) mass is 425 g/mol. The van der Waals surface area contributed by atoms with Gasteiger partial charge in [0.15, 0.2) is 0 Å². The van der Waals surface area contributed by atoms with Crippen LogP contribution in [-0.2, 0) is 5.41 Å². The predicted octanol–water partition coefficient (Wildman–Crippen LogP) is 5.28. The Balaban J connectivity index is 1.19. The van der Waals surface area contributed by atoms with Gasteiger partial charge in [0.1, 0.15) is 5.75 Å². The van der Waals surface area contributed by atoms with Gasteiger partial charge in [0.2, 0.25) is 0 Å². The van der Waals surface area contributed by atoms with Crippen molar-refractivity contribution in [1.82, 2.24) is 4.90 Å². The maximum absolute atomic E-state index is 11.0. The Bertz CT molecular complexity index is 1070. The molecule has 3 heteroatoms. The van der Waals surface area contributed by atoms with Gasteiger partial charge in [0.05, 0.1) is 13.2 Å². The van der Waals surface area contributed by atoms with Crippen LogP contribution in [0.25, 0.3) is 0 Å². The number of methoxy groups -OCH3 is 1. The average molecular weight is 426 g/mol. The van der Waals surface area contributed by atoms with E-state index < -0.39 is 6.10 Å². The molecule has 0 radical (unpaired) electrons. The molecule has 1 aliphatic heterocycles. The molecule has 32 heavy (non-hydrogen) atoms. The molecule has 1 heterocycles. The number of aliphatic hydroxyl groups is 1. The molecule has 0 spiro atoms. The molecule has 3 aromatic rings. The van der Waals surface area contributed by atoms with E-state index in [-0.39, 0.29) is 5.41 Å². The first-order chi connectivity index (χ1) is 15.7. The van der Waals surface area contributed by atoms with Gasteiger partial charge in [0.25, 0.3) is 0 Å². The molecule has 3 aromatic carbocycles. The minimum atomic E-state index is -0.398. The van der Waals surface area contributed by atoms with Crippen molar-refractivity contribution >= 4 is 0 Å². The van der Waals surface area contributed by atoms with Crippen LogP contribution in [0.2, 0.25) is 0 Å². The van der Waals surface area contributed by atoms with Crippen molar-refractivity contribution in [3.05, 3.63) is 101 Å². The SMILES string of the molecule is COc1ccc([C@H](O)C2CCN(CC34CC(c5ccccc53)c3ccccc34)CC2)cc1. The summed E-state index contributed by atoms with van der Waals surface area (Å²) in [6.07, 6.45) is 2.89. The topological polar surface area (TPSA) is 32.7 Å². The zero-order valence-electron chi connectivity index (χ0n) is 18.7. The van der Waals surface area contributed by atoms with Crippen LogP contribution in [0.1, 0.15) is 59.1 Å². The molecule has 0 aromatic heterocycles. The quantitative estimate of drug-likeness (QED) is 0.604. The van der Waals surface area contributed by atoms with Crippen LogP contribution in [0.5, 0.6) is 5.75 Å². The minimum absolute atomic E-state index is 0.124. The van der Waals surface area contributed by atoms with Crippen molar-refractivity contribution in [3.8, 4) is 5.75 Å². The zero-order valence-corrected chi connectivity index (χ0v) is 18.7. The van der Waals surface area contributed by atoms with Crippen LogP contribution in [0.15, 0.2) is 72.8 Å². The fraction of sp³-hybridized carbons (Fsp3) is 0.379. The molecule has 3 nitrogen and oxygen atoms in total. The molecular weight excluding hydrogens is 394 g/mol. The Morgan fingerprint density at radius 2 is 1.50 bits per heavy atom. The summed E-state index contributed by atoms with van der Waals surface area (Å²) < 4.78 is 5.26. The number of hydrogen-bond donors (Lipinski definition) is 1. The van der Waals surface area contributed by atoms with Crippen LogP contribution >= 0.6 is 0 Å². The maximum atomic E-state index is 11.0. The van der Waals surface area contributed by atoms with Crippen molar-refractivity contribution in [1.29, 1.82) is 0 Å². The highest BCUT2D eigenvalue weighted by Crippen LogP contribution is 2.60. The van der Waals surface area contributed by atoms with Crippen molar-refractivity contribution in [2.24, 2.45) is 5.92 Å². The van der Waals surface area contributed by atoms with E-state index >= 15 is 0 Å². The summed E-state index contributed by atoms with van der Waals surface area (Å²) in [5, 5.41) is 11.0. The normalized spacial score (nSPS) is 25.4. The third-order valence-electron chi connectivity index (χ3n) is 8.29. The number of nitrogens with zero attached hydrogens (tertiary/aromatic N) is 1. The summed E-state index contributed by atoms with van der Waals surface area (Å²) in [6, 6.07) is 26.1. The Labute approximate surface area is 190 Å². The molecule has 0 unspecified atom stereocenters. The average Bonchev–Trinajstić information content (AvgIpc) is 3.36. The van der Waals surface area contributed by atoms with E-state index in [1.54, 1.807) is 18.2 Å². The standard InChI is InChI=1S/C29H31NO2/c1-32-22-12-10-20(11-13-22)28(31)21-14-16-30(17-15-21)19-29-18-25(23-6-2-4-8-26(23)29)24-7-3-5-9-27(24)29/h2-13,21,25,28,31H,14-19H2,1H3/t25?,28-,29?/m0/s1. The lowest BCUT2D eigenvalue weighted by Crippen LogP contribution is -2.44. The third-order valence-corrected chi connectivity index (χ3v) is 8.29. The smallest absolute Gasteiger partial charge is 0.118 e. The van der Waals surface area contributed by atoms with E-state index in [9.17, 15) is 5.11 Å². The maximum Gasteiger partial charge on any atom is 0.118 e. The first-order valence-electron chi connectivity index (χ1n) is 11.9. The van der Waals surface area contributed by atoms with E-state index in [4.69, 9.17) is 4.74 Å². The summed E-state index contributed by atoms with van der Waals surface area (Å²) >= 11 is 0. The van der Waals surface area contributed by atoms with Crippen LogP contribution in [0.4, 0.5) is 0 Å². The van der Waals surface area contributed by atoms with Crippen molar-refractivity contribution in [2.75, 3.05) is 26.7 Å². The van der Waals surface area contributed by atoms with Gasteiger partial charge < -0.3 is 14.7 Å². The van der Waals surface area contributed by atoms with E-state index in [1.807, 2.05) is 24.3 Å². The molecule has 6 rings (SSSR count). The summed E-state index contributed by atoms with van der Waals surface area (Å²) in [5.41, 5.74) is 7.29. The number of rotatable bonds is 5. The second-order valence-corrected chi connectivity index (χ2v) is 9.84. The molecule has 0 saturated carbocycles. The van der Waals surface area contributed by atoms with Crippen molar-refractivity contribution in [2.45, 2.75) is 36.7 Å². The lowest BCUT2D eigenvalue weighted by atomic mass is 9.74. The molecule has 1 N–H and O–H groups in total. The second kappa shape index (κ2) is 7.75. The molecule has 2 bridgehead atoms. The van der Waals surface area contributed by atoms with Crippen LogP contribution in [0, 0.1) is 5.92 Å². The first-order valence-corrected chi connectivity index (χ1v) is 11.9. The number of ether oxygens (including phenoxy) is 1. The van der Waals surface area contributed by atoms with Gasteiger partial charge in [-0.3, -0.25) is 0 Å². The predicted molar refractivity (Wildman–Crippen MR) is 127 cm³/mol. The number of benzene rings is 3. The highest BCUT2D eigenvalue weighted by atomic mass is 16.5. The van der Waals surface area contributed by atoms with E-state index in [0.29, 0.717) is 11.8 Å². The number of piperidine rings is 1.